The molecule has 0 bridgehead atoms. The van der Waals surface area contributed by atoms with E-state index < -0.39 is 0 Å². The summed E-state index contributed by atoms with van der Waals surface area (Å²) in [5, 5.41) is 5.75. The van der Waals surface area contributed by atoms with Crippen molar-refractivity contribution >= 4 is 34.8 Å². The van der Waals surface area contributed by atoms with Crippen LogP contribution in [-0.2, 0) is 9.59 Å². The maximum Gasteiger partial charge on any atom is 0.230 e. The van der Waals surface area contributed by atoms with Crippen molar-refractivity contribution in [2.45, 2.75) is 40.5 Å². The Bertz CT molecular complexity index is 1150. The molecule has 1 aliphatic carbocycles. The number of amides is 2. The molecule has 10 heteroatoms. The van der Waals surface area contributed by atoms with Crippen LogP contribution in [0, 0.1) is 0 Å². The van der Waals surface area contributed by atoms with Gasteiger partial charge in [-0.15, -0.1) is 0 Å². The molecular formula is C30H42I2N4O4. The molecule has 0 unspecified atom stereocenters. The molecule has 0 heterocycles. The zero-order valence-electron chi connectivity index (χ0n) is 24.4. The lowest BCUT2D eigenvalue weighted by molar-refractivity contribution is -0.905. The summed E-state index contributed by atoms with van der Waals surface area (Å²) < 4.78 is 1.52. The Labute approximate surface area is 272 Å². The van der Waals surface area contributed by atoms with E-state index in [9.17, 15) is 19.2 Å². The van der Waals surface area contributed by atoms with Gasteiger partial charge < -0.3 is 67.6 Å². The molecular weight excluding hydrogens is 734 g/mol. The fourth-order valence-electron chi connectivity index (χ4n) is 4.68. The fraction of sp³-hybridized carbons (Fsp3) is 0.467. The van der Waals surface area contributed by atoms with Crippen molar-refractivity contribution in [2.24, 2.45) is 0 Å². The van der Waals surface area contributed by atoms with Gasteiger partial charge in [-0.1, -0.05) is 24.3 Å². The number of hydrogen-bond acceptors (Lipinski definition) is 4. The molecule has 1 aliphatic rings. The topological polar surface area (TPSA) is 92.3 Å². The van der Waals surface area contributed by atoms with Gasteiger partial charge in [-0.3, -0.25) is 19.2 Å². The van der Waals surface area contributed by atoms with E-state index in [1.54, 1.807) is 36.4 Å². The third-order valence-electron chi connectivity index (χ3n) is 8.44. The van der Waals surface area contributed by atoms with Gasteiger partial charge in [0.15, 0.2) is 11.6 Å². The van der Waals surface area contributed by atoms with Crippen molar-refractivity contribution in [2.75, 3.05) is 64.0 Å². The summed E-state index contributed by atoms with van der Waals surface area (Å²) in [5.41, 5.74) is 1.43. The summed E-state index contributed by atoms with van der Waals surface area (Å²) >= 11 is 0. The van der Waals surface area contributed by atoms with Crippen molar-refractivity contribution < 1.29 is 76.1 Å². The van der Waals surface area contributed by atoms with Crippen LogP contribution in [0.2, 0.25) is 0 Å². The van der Waals surface area contributed by atoms with E-state index in [4.69, 9.17) is 0 Å². The SMILES string of the molecule is CC[N+](C)(CC)CCC(=O)Nc1ccc(NC(=O)CC[N+](C)(CC)CC)c2c1C(=O)c1ccccc1C2=O.[I-].[I-]. The molecule has 220 valence electrons. The molecule has 2 N–H and O–H groups in total. The lowest BCUT2D eigenvalue weighted by atomic mass is 9.82. The number of anilines is 2. The Kier molecular flexibility index (Phi) is 13.9. The first kappa shape index (κ1) is 36.1. The monoisotopic (exact) mass is 776 g/mol. The molecule has 0 spiro atoms. The van der Waals surface area contributed by atoms with E-state index in [1.165, 1.54) is 0 Å². The molecule has 0 atom stereocenters. The summed E-state index contributed by atoms with van der Waals surface area (Å²) in [7, 11) is 4.21. The number of nitrogens with zero attached hydrogens (tertiary/aromatic N) is 2. The first-order valence-electron chi connectivity index (χ1n) is 13.6. The maximum atomic E-state index is 13.6. The highest BCUT2D eigenvalue weighted by Crippen LogP contribution is 2.36. The fourth-order valence-corrected chi connectivity index (χ4v) is 4.68. The van der Waals surface area contributed by atoms with Gasteiger partial charge in [-0.25, -0.2) is 0 Å². The van der Waals surface area contributed by atoms with Gasteiger partial charge >= 0.3 is 0 Å². The molecule has 0 aliphatic heterocycles. The summed E-state index contributed by atoms with van der Waals surface area (Å²) in [6.45, 7) is 13.3. The lowest BCUT2D eigenvalue weighted by Crippen LogP contribution is -3.00. The molecule has 2 aromatic carbocycles. The predicted octanol–water partition coefficient (Wildman–Crippen LogP) is -1.90. The lowest BCUT2D eigenvalue weighted by Gasteiger charge is -2.32. The van der Waals surface area contributed by atoms with Gasteiger partial charge in [-0.05, 0) is 39.8 Å². The number of ketones is 2. The highest BCUT2D eigenvalue weighted by atomic mass is 127. The Morgan fingerprint density at radius 3 is 1.25 bits per heavy atom. The van der Waals surface area contributed by atoms with Gasteiger partial charge in [0.1, 0.15) is 0 Å². The van der Waals surface area contributed by atoms with Crippen LogP contribution >= 0.6 is 0 Å². The summed E-state index contributed by atoms with van der Waals surface area (Å²) in [6, 6.07) is 9.88. The van der Waals surface area contributed by atoms with E-state index in [2.05, 4.69) is 52.4 Å². The first-order valence-corrected chi connectivity index (χ1v) is 13.6. The van der Waals surface area contributed by atoms with Gasteiger partial charge in [0, 0.05) is 11.1 Å². The Morgan fingerprint density at radius 1 is 0.625 bits per heavy atom. The predicted molar refractivity (Wildman–Crippen MR) is 151 cm³/mol. The quantitative estimate of drug-likeness (QED) is 0.166. The average Bonchev–Trinajstić information content (AvgIpc) is 2.94. The van der Waals surface area contributed by atoms with Gasteiger partial charge in [0.05, 0.1) is 88.7 Å². The third-order valence-corrected chi connectivity index (χ3v) is 8.44. The standard InChI is InChI=1S/C30H40N4O4.2HI/c1-7-33(5,8-2)19-17-25(35)31-23-15-16-24(32-26(36)18-20-34(6,9-3)10-4)28-27(23)29(37)21-13-11-12-14-22(21)30(28)38;;/h11-16H,7-10,17-20H2,1-6H3;2*1H. The number of carbonyl (C=O) groups is 4. The Hall–Kier alpha value is -1.90. The molecule has 40 heavy (non-hydrogen) atoms. The van der Waals surface area contributed by atoms with Gasteiger partial charge in [0.2, 0.25) is 11.8 Å². The van der Waals surface area contributed by atoms with Crippen LogP contribution in [0.5, 0.6) is 0 Å². The smallest absolute Gasteiger partial charge is 0.230 e. The molecule has 0 saturated heterocycles. The van der Waals surface area contributed by atoms with Crippen LogP contribution in [0.15, 0.2) is 36.4 Å². The molecule has 0 fully saturated rings. The number of rotatable bonds is 12. The van der Waals surface area contributed by atoms with Crippen molar-refractivity contribution in [3.05, 3.63) is 58.7 Å². The number of benzene rings is 2. The first-order chi connectivity index (χ1) is 18.0. The Morgan fingerprint density at radius 2 is 0.950 bits per heavy atom. The van der Waals surface area contributed by atoms with Crippen molar-refractivity contribution in [1.29, 1.82) is 0 Å². The summed E-state index contributed by atoms with van der Waals surface area (Å²) in [6.07, 6.45) is 0.575. The molecule has 0 saturated carbocycles. The molecule has 8 nitrogen and oxygen atoms in total. The van der Waals surface area contributed by atoms with Gasteiger partial charge in [0.25, 0.3) is 0 Å². The minimum Gasteiger partial charge on any atom is -1.00 e. The number of quaternary nitrogens is 2. The van der Waals surface area contributed by atoms with E-state index in [1.807, 2.05) is 0 Å². The van der Waals surface area contributed by atoms with E-state index in [0.29, 0.717) is 35.6 Å². The second-order valence-corrected chi connectivity index (χ2v) is 10.7. The number of fused-ring (bicyclic) bond motifs is 2. The van der Waals surface area contributed by atoms with Crippen LogP contribution in [-0.4, -0.2) is 85.7 Å². The van der Waals surface area contributed by atoms with Crippen LogP contribution in [0.4, 0.5) is 11.4 Å². The number of nitrogens with one attached hydrogen (secondary N) is 2. The molecule has 2 amide bonds. The molecule has 0 aromatic heterocycles. The molecule has 0 radical (unpaired) electrons. The second kappa shape index (κ2) is 15.4. The van der Waals surface area contributed by atoms with Crippen LogP contribution < -0.4 is 58.6 Å². The number of halogens is 2. The van der Waals surface area contributed by atoms with Crippen molar-refractivity contribution in [3.63, 3.8) is 0 Å². The van der Waals surface area contributed by atoms with E-state index >= 15 is 0 Å². The minimum absolute atomic E-state index is 0. The van der Waals surface area contributed by atoms with Crippen LogP contribution in [0.25, 0.3) is 0 Å². The van der Waals surface area contributed by atoms with Crippen LogP contribution in [0.1, 0.15) is 72.4 Å². The van der Waals surface area contributed by atoms with Crippen LogP contribution in [0.3, 0.4) is 0 Å². The maximum absolute atomic E-state index is 13.6. The van der Waals surface area contributed by atoms with Gasteiger partial charge in [-0.2, -0.15) is 0 Å². The summed E-state index contributed by atoms with van der Waals surface area (Å²) in [4.78, 5) is 53.1. The zero-order valence-corrected chi connectivity index (χ0v) is 28.7. The minimum atomic E-state index is -0.342. The highest BCUT2D eigenvalue weighted by molar-refractivity contribution is 6.32. The summed E-state index contributed by atoms with van der Waals surface area (Å²) in [5.74, 6) is -1.12. The number of hydrogen-bond donors (Lipinski definition) is 2. The molecule has 2 aromatic rings. The zero-order chi connectivity index (χ0) is 28.1. The highest BCUT2D eigenvalue weighted by Gasteiger charge is 2.35. The van der Waals surface area contributed by atoms with Crippen molar-refractivity contribution in [3.8, 4) is 0 Å². The largest absolute Gasteiger partial charge is 1.00 e. The van der Waals surface area contributed by atoms with E-state index in [0.717, 1.165) is 35.1 Å². The normalized spacial score (nSPS) is 12.4. The van der Waals surface area contributed by atoms with E-state index in [-0.39, 0.29) is 95.3 Å². The second-order valence-electron chi connectivity index (χ2n) is 10.7. The average molecular weight is 776 g/mol. The number of carbonyl (C=O) groups excluding carboxylic acids is 4. The Balaban J connectivity index is 0.00000400. The molecule has 3 rings (SSSR count). The third kappa shape index (κ3) is 8.10. The van der Waals surface area contributed by atoms with Crippen molar-refractivity contribution in [1.82, 2.24) is 0 Å².